The van der Waals surface area contributed by atoms with E-state index < -0.39 is 17.3 Å². The fourth-order valence-corrected chi connectivity index (χ4v) is 6.80. The van der Waals surface area contributed by atoms with Crippen LogP contribution in [0.1, 0.15) is 70.2 Å². The third kappa shape index (κ3) is 4.21. The number of aromatic nitrogens is 3. The Morgan fingerprint density at radius 1 is 0.919 bits per heavy atom. The molecular weight excluding hydrogens is 493 g/mol. The molecule has 1 aliphatic heterocycles. The first-order valence-electron chi connectivity index (χ1n) is 12.5. The molecule has 0 saturated carbocycles. The molecular formula is C29H27F3N4S. The van der Waals surface area contributed by atoms with Crippen LogP contribution in [0, 0.1) is 6.92 Å². The highest BCUT2D eigenvalue weighted by Crippen LogP contribution is 2.44. The molecule has 37 heavy (non-hydrogen) atoms. The van der Waals surface area contributed by atoms with E-state index in [1.54, 1.807) is 12.1 Å². The van der Waals surface area contributed by atoms with Crippen molar-refractivity contribution >= 4 is 17.0 Å². The maximum absolute atomic E-state index is 12.8. The number of rotatable bonds is 4. The summed E-state index contributed by atoms with van der Waals surface area (Å²) in [6, 6.07) is 13.9. The predicted molar refractivity (Wildman–Crippen MR) is 140 cm³/mol. The number of hydrogen-bond donors (Lipinski definition) is 0. The van der Waals surface area contributed by atoms with Gasteiger partial charge in [0.1, 0.15) is 16.4 Å². The summed E-state index contributed by atoms with van der Waals surface area (Å²) in [4.78, 5) is 6.72. The molecule has 1 aliphatic carbocycles. The van der Waals surface area contributed by atoms with Crippen LogP contribution < -0.4 is 0 Å². The van der Waals surface area contributed by atoms with Crippen molar-refractivity contribution in [3.05, 3.63) is 98.4 Å². The molecule has 190 valence electrons. The summed E-state index contributed by atoms with van der Waals surface area (Å²) >= 11 is 1.84. The molecule has 0 radical (unpaired) electrons. The van der Waals surface area contributed by atoms with Crippen LogP contribution in [0.4, 0.5) is 13.2 Å². The predicted octanol–water partition coefficient (Wildman–Crippen LogP) is 7.02. The van der Waals surface area contributed by atoms with Crippen LogP contribution in [0.3, 0.4) is 0 Å². The lowest BCUT2D eigenvalue weighted by molar-refractivity contribution is -0.137. The second-order valence-electron chi connectivity index (χ2n) is 10.4. The maximum Gasteiger partial charge on any atom is 0.416 e. The average molecular weight is 521 g/mol. The molecule has 3 heterocycles. The minimum Gasteiger partial charge on any atom is -0.271 e. The molecule has 6 rings (SSSR count). The Hall–Kier alpha value is -3.26. The summed E-state index contributed by atoms with van der Waals surface area (Å²) in [5.74, 6) is 1.73. The topological polar surface area (TPSA) is 43.1 Å². The standard InChI is InChI=1S/C29H27F3N4S/c1-17-34-35-27-28(2,3)33-25(24-22-5-4-6-23(22)37-26(24)36(17)27)20-13-9-18(10-14-20)7-8-19-11-15-21(16-12-19)29(30,31)32/h9-16H,4-8H2,1-3H3. The number of halogens is 3. The average Bonchev–Trinajstić information content (AvgIpc) is 3.54. The van der Waals surface area contributed by atoms with Crippen molar-refractivity contribution in [2.45, 2.75) is 64.6 Å². The van der Waals surface area contributed by atoms with E-state index in [2.05, 4.69) is 52.9 Å². The Kier molecular flexibility index (Phi) is 5.64. The highest BCUT2D eigenvalue weighted by molar-refractivity contribution is 7.15. The van der Waals surface area contributed by atoms with E-state index in [0.29, 0.717) is 6.42 Å². The molecule has 2 aromatic heterocycles. The van der Waals surface area contributed by atoms with Gasteiger partial charge >= 0.3 is 6.18 Å². The first-order chi connectivity index (χ1) is 17.6. The normalized spacial score (nSPS) is 16.1. The van der Waals surface area contributed by atoms with Crippen LogP contribution in [0.25, 0.3) is 5.00 Å². The zero-order valence-electron chi connectivity index (χ0n) is 21.0. The summed E-state index contributed by atoms with van der Waals surface area (Å²) < 4.78 is 40.7. The van der Waals surface area contributed by atoms with Gasteiger partial charge < -0.3 is 0 Å². The summed E-state index contributed by atoms with van der Waals surface area (Å²) in [7, 11) is 0. The highest BCUT2D eigenvalue weighted by atomic mass is 32.1. The zero-order valence-corrected chi connectivity index (χ0v) is 21.8. The number of benzene rings is 2. The summed E-state index contributed by atoms with van der Waals surface area (Å²) in [5, 5.41) is 10.1. The summed E-state index contributed by atoms with van der Waals surface area (Å²) in [5.41, 5.74) is 5.56. The molecule has 8 heteroatoms. The second-order valence-corrected chi connectivity index (χ2v) is 11.4. The number of hydrogen-bond acceptors (Lipinski definition) is 4. The van der Waals surface area contributed by atoms with Gasteiger partial charge in [0, 0.05) is 16.0 Å². The molecule has 0 atom stereocenters. The van der Waals surface area contributed by atoms with Gasteiger partial charge in [0.05, 0.1) is 11.3 Å². The highest BCUT2D eigenvalue weighted by Gasteiger charge is 2.37. The van der Waals surface area contributed by atoms with E-state index >= 15 is 0 Å². The monoisotopic (exact) mass is 520 g/mol. The second kappa shape index (κ2) is 8.65. The van der Waals surface area contributed by atoms with E-state index in [1.807, 2.05) is 18.3 Å². The zero-order chi connectivity index (χ0) is 25.9. The van der Waals surface area contributed by atoms with Crippen molar-refractivity contribution in [3.8, 4) is 5.00 Å². The van der Waals surface area contributed by atoms with Gasteiger partial charge in [-0.25, -0.2) is 0 Å². The van der Waals surface area contributed by atoms with Gasteiger partial charge in [-0.05, 0) is 81.7 Å². The Morgan fingerprint density at radius 2 is 1.57 bits per heavy atom. The third-order valence-electron chi connectivity index (χ3n) is 7.32. The van der Waals surface area contributed by atoms with Crippen molar-refractivity contribution in [2.75, 3.05) is 0 Å². The Labute approximate surface area is 217 Å². The number of alkyl halides is 3. The quantitative estimate of drug-likeness (QED) is 0.290. The van der Waals surface area contributed by atoms with Crippen LogP contribution in [0.5, 0.6) is 0 Å². The van der Waals surface area contributed by atoms with Crippen LogP contribution in [0.15, 0.2) is 53.5 Å². The van der Waals surface area contributed by atoms with Gasteiger partial charge in [0.15, 0.2) is 5.82 Å². The van der Waals surface area contributed by atoms with Crippen molar-refractivity contribution in [2.24, 2.45) is 4.99 Å². The Balaban J connectivity index is 1.31. The molecule has 2 aliphatic rings. The molecule has 4 aromatic rings. The Morgan fingerprint density at radius 3 is 2.22 bits per heavy atom. The SMILES string of the molecule is Cc1nnc2n1-c1sc3c(c1C(c1ccc(CCc4ccc(C(F)(F)F)cc4)cc1)=NC2(C)C)CCC3. The van der Waals surface area contributed by atoms with Gasteiger partial charge in [-0.3, -0.25) is 9.56 Å². The van der Waals surface area contributed by atoms with E-state index in [1.165, 1.54) is 22.4 Å². The smallest absolute Gasteiger partial charge is 0.271 e. The van der Waals surface area contributed by atoms with Crippen molar-refractivity contribution in [1.29, 1.82) is 0 Å². The van der Waals surface area contributed by atoms with Crippen LogP contribution in [0.2, 0.25) is 0 Å². The number of thiophene rings is 1. The molecule has 0 amide bonds. The molecule has 0 spiro atoms. The lowest BCUT2D eigenvalue weighted by Crippen LogP contribution is -2.20. The summed E-state index contributed by atoms with van der Waals surface area (Å²) in [6.07, 6.45) is 0.456. The third-order valence-corrected chi connectivity index (χ3v) is 8.59. The molecule has 0 saturated heterocycles. The van der Waals surface area contributed by atoms with Crippen LogP contribution >= 0.6 is 11.3 Å². The number of nitrogens with zero attached hydrogens (tertiary/aromatic N) is 4. The van der Waals surface area contributed by atoms with Gasteiger partial charge in [0.25, 0.3) is 0 Å². The van der Waals surface area contributed by atoms with E-state index in [0.717, 1.165) is 70.4 Å². The maximum atomic E-state index is 12.8. The fourth-order valence-electron chi connectivity index (χ4n) is 5.37. The first kappa shape index (κ1) is 24.1. The van der Waals surface area contributed by atoms with Crippen molar-refractivity contribution < 1.29 is 13.2 Å². The Bertz CT molecular complexity index is 1510. The largest absolute Gasteiger partial charge is 0.416 e. The molecule has 0 bridgehead atoms. The fraction of sp³-hybridized carbons (Fsp3) is 0.345. The van der Waals surface area contributed by atoms with Gasteiger partial charge in [-0.1, -0.05) is 36.4 Å². The van der Waals surface area contributed by atoms with Crippen LogP contribution in [-0.2, 0) is 37.4 Å². The van der Waals surface area contributed by atoms with E-state index in [9.17, 15) is 13.2 Å². The first-order valence-corrected chi connectivity index (χ1v) is 13.4. The van der Waals surface area contributed by atoms with Gasteiger partial charge in [-0.2, -0.15) is 13.2 Å². The number of fused-ring (bicyclic) bond motifs is 5. The van der Waals surface area contributed by atoms with Crippen LogP contribution in [-0.4, -0.2) is 20.5 Å². The minimum atomic E-state index is -4.31. The van der Waals surface area contributed by atoms with E-state index in [-0.39, 0.29) is 0 Å². The molecule has 0 N–H and O–H groups in total. The van der Waals surface area contributed by atoms with Crippen molar-refractivity contribution in [3.63, 3.8) is 0 Å². The van der Waals surface area contributed by atoms with Gasteiger partial charge in [-0.15, -0.1) is 21.5 Å². The number of aryl methyl sites for hydroxylation is 4. The van der Waals surface area contributed by atoms with Crippen molar-refractivity contribution in [1.82, 2.24) is 14.8 Å². The number of aliphatic imine (C=N–C) groups is 1. The molecule has 2 aromatic carbocycles. The summed E-state index contributed by atoms with van der Waals surface area (Å²) in [6.45, 7) is 6.17. The minimum absolute atomic E-state index is 0.540. The lowest BCUT2D eigenvalue weighted by Gasteiger charge is -2.18. The molecule has 0 unspecified atom stereocenters. The molecule has 0 fully saturated rings. The van der Waals surface area contributed by atoms with E-state index in [4.69, 9.17) is 4.99 Å². The lowest BCUT2D eigenvalue weighted by atomic mass is 9.96. The van der Waals surface area contributed by atoms with Gasteiger partial charge in [0.2, 0.25) is 0 Å². The molecule has 4 nitrogen and oxygen atoms in total.